The van der Waals surface area contributed by atoms with Gasteiger partial charge in [0.15, 0.2) is 0 Å². The summed E-state index contributed by atoms with van der Waals surface area (Å²) < 4.78 is 0. The fraction of sp³-hybridized carbons (Fsp3) is 0.250. The molecule has 4 N–H and O–H groups in total. The number of benzene rings is 1. The van der Waals surface area contributed by atoms with Crippen LogP contribution < -0.4 is 16.4 Å². The van der Waals surface area contributed by atoms with Crippen LogP contribution in [0.15, 0.2) is 42.6 Å². The van der Waals surface area contributed by atoms with Gasteiger partial charge in [-0.15, -0.1) is 0 Å². The summed E-state index contributed by atoms with van der Waals surface area (Å²) in [7, 11) is 0. The van der Waals surface area contributed by atoms with Crippen LogP contribution in [0.4, 0.5) is 5.82 Å². The monoisotopic (exact) mass is 352 g/mol. The van der Waals surface area contributed by atoms with E-state index in [2.05, 4.69) is 15.6 Å². The molecule has 0 aliphatic carbocycles. The lowest BCUT2D eigenvalue weighted by Crippen LogP contribution is -2.43. The molecule has 1 amide bonds. The first kappa shape index (κ1) is 17.5. The van der Waals surface area contributed by atoms with Crippen molar-refractivity contribution < 1.29 is 4.79 Å². The zero-order chi connectivity index (χ0) is 16.7. The van der Waals surface area contributed by atoms with E-state index in [0.29, 0.717) is 35.4 Å². The maximum absolute atomic E-state index is 11.9. The molecule has 0 bridgehead atoms. The molecule has 0 fully saturated rings. The predicted octanol–water partition coefficient (Wildman–Crippen LogP) is 2.49. The average Bonchev–Trinajstić information content (AvgIpc) is 2.54. The molecule has 7 heteroatoms. The van der Waals surface area contributed by atoms with Crippen LogP contribution in [0, 0.1) is 0 Å². The van der Waals surface area contributed by atoms with Crippen LogP contribution in [0.5, 0.6) is 0 Å². The van der Waals surface area contributed by atoms with Crippen molar-refractivity contribution >= 4 is 34.9 Å². The van der Waals surface area contributed by atoms with Gasteiger partial charge in [-0.05, 0) is 18.1 Å². The largest absolute Gasteiger partial charge is 0.367 e. The second-order valence-electron chi connectivity index (χ2n) is 5.00. The lowest BCUT2D eigenvalue weighted by molar-refractivity contribution is -0.122. The molecular weight excluding hydrogens is 335 g/mol. The Morgan fingerprint density at radius 1 is 1.22 bits per heavy atom. The number of aromatic nitrogens is 1. The number of pyridine rings is 1. The number of carbonyl (C=O) groups excluding carboxylic acids is 1. The third-order valence-electron chi connectivity index (χ3n) is 3.16. The number of halogens is 2. The van der Waals surface area contributed by atoms with Crippen LogP contribution in [0.3, 0.4) is 0 Å². The van der Waals surface area contributed by atoms with Crippen molar-refractivity contribution in [3.8, 4) is 0 Å². The minimum absolute atomic E-state index is 0.189. The van der Waals surface area contributed by atoms with Crippen LogP contribution in [0.25, 0.3) is 0 Å². The number of hydrogen-bond donors (Lipinski definition) is 3. The van der Waals surface area contributed by atoms with Gasteiger partial charge in [0.2, 0.25) is 5.91 Å². The zero-order valence-corrected chi connectivity index (χ0v) is 13.9. The molecule has 0 radical (unpaired) electrons. The number of amides is 1. The van der Waals surface area contributed by atoms with Crippen LogP contribution >= 0.6 is 23.2 Å². The van der Waals surface area contributed by atoms with Gasteiger partial charge in [-0.1, -0.05) is 53.5 Å². The van der Waals surface area contributed by atoms with Crippen molar-refractivity contribution in [2.45, 2.75) is 12.5 Å². The SMILES string of the molecule is NC(Cc1ccccc1)C(=O)NCCNc1ncc(Cl)cc1Cl. The molecule has 1 atom stereocenters. The van der Waals surface area contributed by atoms with Crippen molar-refractivity contribution in [2.24, 2.45) is 5.73 Å². The second kappa shape index (κ2) is 8.72. The van der Waals surface area contributed by atoms with Gasteiger partial charge in [-0.3, -0.25) is 4.79 Å². The standard InChI is InChI=1S/C16H18Cl2N4O/c17-12-9-13(18)15(22-10-12)20-6-7-21-16(23)14(19)8-11-4-2-1-3-5-11/h1-5,9-10,14H,6-8,19H2,(H,20,22)(H,21,23). The molecule has 0 aliphatic rings. The molecule has 0 saturated heterocycles. The van der Waals surface area contributed by atoms with Crippen LogP contribution in [-0.4, -0.2) is 30.0 Å². The van der Waals surface area contributed by atoms with Crippen molar-refractivity contribution in [2.75, 3.05) is 18.4 Å². The number of nitrogens with one attached hydrogen (secondary N) is 2. The van der Waals surface area contributed by atoms with Gasteiger partial charge in [0.25, 0.3) is 0 Å². The van der Waals surface area contributed by atoms with E-state index in [9.17, 15) is 4.79 Å². The highest BCUT2D eigenvalue weighted by molar-refractivity contribution is 6.35. The first-order valence-corrected chi connectivity index (χ1v) is 7.94. The summed E-state index contributed by atoms with van der Waals surface area (Å²) in [6, 6.07) is 10.7. The van der Waals surface area contributed by atoms with E-state index < -0.39 is 6.04 Å². The summed E-state index contributed by atoms with van der Waals surface area (Å²) in [4.78, 5) is 16.0. The number of nitrogens with two attached hydrogens (primary N) is 1. The summed E-state index contributed by atoms with van der Waals surface area (Å²) in [6.07, 6.45) is 2.01. The molecule has 1 unspecified atom stereocenters. The van der Waals surface area contributed by atoms with Crippen LogP contribution in [0.1, 0.15) is 5.56 Å². The van der Waals surface area contributed by atoms with Crippen molar-refractivity contribution in [1.29, 1.82) is 0 Å². The lowest BCUT2D eigenvalue weighted by atomic mass is 10.1. The fourth-order valence-electron chi connectivity index (χ4n) is 2.00. The summed E-state index contributed by atoms with van der Waals surface area (Å²) in [5.74, 6) is 0.338. The van der Waals surface area contributed by atoms with E-state index in [1.165, 1.54) is 6.20 Å². The molecule has 23 heavy (non-hydrogen) atoms. The molecule has 0 saturated carbocycles. The molecule has 1 aromatic carbocycles. The Labute approximate surface area is 145 Å². The molecule has 2 aromatic rings. The first-order chi connectivity index (χ1) is 11.1. The minimum Gasteiger partial charge on any atom is -0.367 e. The molecular formula is C16H18Cl2N4O. The fourth-order valence-corrected chi connectivity index (χ4v) is 2.45. The first-order valence-electron chi connectivity index (χ1n) is 7.18. The summed E-state index contributed by atoms with van der Waals surface area (Å²) in [5, 5.41) is 6.72. The topological polar surface area (TPSA) is 80.0 Å². The number of carbonyl (C=O) groups is 1. The van der Waals surface area contributed by atoms with Gasteiger partial charge >= 0.3 is 0 Å². The lowest BCUT2D eigenvalue weighted by Gasteiger charge is -2.13. The molecule has 1 heterocycles. The maximum Gasteiger partial charge on any atom is 0.237 e. The highest BCUT2D eigenvalue weighted by atomic mass is 35.5. The van der Waals surface area contributed by atoms with Gasteiger partial charge in [-0.25, -0.2) is 4.98 Å². The van der Waals surface area contributed by atoms with Crippen molar-refractivity contribution in [3.63, 3.8) is 0 Å². The minimum atomic E-state index is -0.574. The van der Waals surface area contributed by atoms with Crippen molar-refractivity contribution in [1.82, 2.24) is 10.3 Å². The Balaban J connectivity index is 1.72. The molecule has 2 rings (SSSR count). The van der Waals surface area contributed by atoms with Gasteiger partial charge in [-0.2, -0.15) is 0 Å². The van der Waals surface area contributed by atoms with Crippen molar-refractivity contribution in [3.05, 3.63) is 58.2 Å². The third kappa shape index (κ3) is 5.71. The number of anilines is 1. The highest BCUT2D eigenvalue weighted by Crippen LogP contribution is 2.21. The Kier molecular flexibility index (Phi) is 6.65. The maximum atomic E-state index is 11.9. The third-order valence-corrected chi connectivity index (χ3v) is 3.65. The predicted molar refractivity (Wildman–Crippen MR) is 93.9 cm³/mol. The summed E-state index contributed by atoms with van der Waals surface area (Å²) in [6.45, 7) is 0.903. The van der Waals surface area contributed by atoms with Crippen LogP contribution in [-0.2, 0) is 11.2 Å². The zero-order valence-electron chi connectivity index (χ0n) is 12.4. The van der Waals surface area contributed by atoms with E-state index in [4.69, 9.17) is 28.9 Å². The molecule has 0 spiro atoms. The van der Waals surface area contributed by atoms with Gasteiger partial charge in [0.05, 0.1) is 16.1 Å². The molecule has 5 nitrogen and oxygen atoms in total. The Morgan fingerprint density at radius 3 is 2.65 bits per heavy atom. The summed E-state index contributed by atoms with van der Waals surface area (Å²) >= 11 is 11.8. The Morgan fingerprint density at radius 2 is 1.96 bits per heavy atom. The van der Waals surface area contributed by atoms with Gasteiger partial charge < -0.3 is 16.4 Å². The summed E-state index contributed by atoms with van der Waals surface area (Å²) in [5.41, 5.74) is 6.94. The van der Waals surface area contributed by atoms with Gasteiger partial charge in [0, 0.05) is 19.3 Å². The van der Waals surface area contributed by atoms with E-state index in [0.717, 1.165) is 5.56 Å². The molecule has 0 aliphatic heterocycles. The number of nitrogens with zero attached hydrogens (tertiary/aromatic N) is 1. The normalized spacial score (nSPS) is 11.8. The Bertz CT molecular complexity index is 652. The van der Waals surface area contributed by atoms with E-state index in [1.807, 2.05) is 30.3 Å². The second-order valence-corrected chi connectivity index (χ2v) is 5.84. The van der Waals surface area contributed by atoms with Gasteiger partial charge in [0.1, 0.15) is 5.82 Å². The molecule has 1 aromatic heterocycles. The quantitative estimate of drug-likeness (QED) is 0.668. The smallest absolute Gasteiger partial charge is 0.237 e. The van der Waals surface area contributed by atoms with E-state index >= 15 is 0 Å². The molecule has 122 valence electrons. The number of hydrogen-bond acceptors (Lipinski definition) is 4. The van der Waals surface area contributed by atoms with Crippen LogP contribution in [0.2, 0.25) is 10.0 Å². The Hall–Kier alpha value is -1.82. The number of rotatable bonds is 7. The highest BCUT2D eigenvalue weighted by Gasteiger charge is 2.13. The van der Waals surface area contributed by atoms with E-state index in [1.54, 1.807) is 6.07 Å². The average molecular weight is 353 g/mol. The van der Waals surface area contributed by atoms with E-state index in [-0.39, 0.29) is 5.91 Å².